The van der Waals surface area contributed by atoms with E-state index in [1.807, 2.05) is 0 Å². The van der Waals surface area contributed by atoms with Crippen molar-refractivity contribution >= 4 is 65.7 Å². The molecule has 1 saturated heterocycles. The molecule has 2 aliphatic heterocycles. The van der Waals surface area contributed by atoms with Crippen LogP contribution in [0.4, 0.5) is 11.4 Å². The molecule has 5 amide bonds. The molecule has 0 bridgehead atoms. The van der Waals surface area contributed by atoms with Gasteiger partial charge in [0, 0.05) is 66.2 Å². The standard InChI is InChI=1S/C27H40N4O13.C27H40N4O11/c1-41-11-8-19(33)29-9-3-2-4-16(28)25(38)30-10-7-20(34)31-17-12-15(13-42-14-32)5-6-18(17)43-27-23(37)21(35)22(36)24(44-27)26(39)40;1-39-12-8-23(34)30-9-3-2-5-18(28)25(36)31-11-4-10-29-19-13-17(15-40-16-32)6-7-21(19)41-27-24(35)20(33)14-22(42-27)26(37)38/h5-6,12,14,16,21-24,27,35-37H,2-4,7-11,13,28H2,1H3,(H,29,33)(H,30,38)(H,31,34)(H,39,40);6-7,13-14,16,18,20,24,27,29,33,35H,2-5,8-12,15,28H2,1H3,(H,30,34)(H,31,36)(H,37,38)/t16-,21-,22-,23+,24-,27+;18-,20-,24+,27+/m00/s1/i14D;16D. The number of carboxylic acid groups (broad SMARTS) is 2. The smallest absolute Gasteiger partial charge is 0.371 e. The van der Waals surface area contributed by atoms with E-state index in [-0.39, 0.29) is 67.5 Å². The molecule has 0 saturated carbocycles. The van der Waals surface area contributed by atoms with Crippen LogP contribution in [-0.4, -0.2) is 212 Å². The van der Waals surface area contributed by atoms with E-state index in [0.717, 1.165) is 6.08 Å². The Hall–Kier alpha value is -7.79. The molecule has 0 radical (unpaired) electrons. The number of nitrogens with one attached hydrogen (secondary N) is 6. The molecule has 0 spiro atoms. The number of carboxylic acids is 2. The highest BCUT2D eigenvalue weighted by atomic mass is 16.7. The fraction of sp³-hybridized carbons (Fsp3) is 0.574. The second-order valence-corrected chi connectivity index (χ2v) is 19.2. The zero-order valence-corrected chi connectivity index (χ0v) is 47.5. The summed E-state index contributed by atoms with van der Waals surface area (Å²) in [6, 6.07) is 7.00. The predicted molar refractivity (Wildman–Crippen MR) is 298 cm³/mol. The molecular weight excluding hydrogens is 1140 g/mol. The lowest BCUT2D eigenvalue weighted by atomic mass is 9.99. The molecule has 2 aromatic rings. The second kappa shape index (κ2) is 39.8. The highest BCUT2D eigenvalue weighted by molar-refractivity contribution is 5.93. The predicted octanol–water partition coefficient (Wildman–Crippen LogP) is -2.92. The van der Waals surface area contributed by atoms with Gasteiger partial charge in [-0.25, -0.2) is 9.59 Å². The van der Waals surface area contributed by atoms with Gasteiger partial charge in [0.05, 0.1) is 36.7 Å². The van der Waals surface area contributed by atoms with E-state index in [2.05, 4.69) is 36.6 Å². The van der Waals surface area contributed by atoms with Gasteiger partial charge in [-0.1, -0.05) is 12.1 Å². The number of unbranched alkanes of at least 4 members (excludes halogenated alkanes) is 2. The van der Waals surface area contributed by atoms with E-state index in [0.29, 0.717) is 108 Å². The molecule has 4 rings (SSSR count). The van der Waals surface area contributed by atoms with Gasteiger partial charge in [0.25, 0.3) is 19.2 Å². The van der Waals surface area contributed by atoms with Crippen LogP contribution in [0.15, 0.2) is 48.2 Å². The first-order chi connectivity index (χ1) is 41.8. The van der Waals surface area contributed by atoms with Crippen molar-refractivity contribution in [3.05, 3.63) is 59.4 Å². The number of ether oxygens (including phenoxy) is 8. The molecule has 32 heteroatoms. The van der Waals surface area contributed by atoms with E-state index >= 15 is 0 Å². The lowest BCUT2D eigenvalue weighted by Crippen LogP contribution is -2.61. The lowest BCUT2D eigenvalue weighted by Gasteiger charge is -2.38. The average molecular weight is 1230 g/mol. The maximum Gasteiger partial charge on any atom is 0.371 e. The second-order valence-electron chi connectivity index (χ2n) is 19.2. The number of aliphatic carboxylic acids is 2. The van der Waals surface area contributed by atoms with Crippen LogP contribution in [0, 0.1) is 0 Å². The highest BCUT2D eigenvalue weighted by Gasteiger charge is 2.48. The molecule has 32 nitrogen and oxygen atoms in total. The summed E-state index contributed by atoms with van der Waals surface area (Å²) in [5, 5.41) is 85.4. The first-order valence-corrected chi connectivity index (χ1v) is 27.2. The molecule has 1 fully saturated rings. The number of rotatable bonds is 37. The van der Waals surface area contributed by atoms with Crippen LogP contribution < -0.4 is 52.8 Å². The molecule has 480 valence electrons. The largest absolute Gasteiger partial charge is 0.479 e. The van der Waals surface area contributed by atoms with Crippen molar-refractivity contribution in [3.8, 4) is 11.5 Å². The number of carbonyl (C=O) groups excluding carboxylic acids is 7. The van der Waals surface area contributed by atoms with Gasteiger partial charge in [0.1, 0.15) is 49.1 Å². The Morgan fingerprint density at radius 3 is 1.65 bits per heavy atom. The third-order valence-corrected chi connectivity index (χ3v) is 12.5. The Kier molecular flexibility index (Phi) is 31.9. The summed E-state index contributed by atoms with van der Waals surface area (Å²) in [6.45, 7) is 1.61. The van der Waals surface area contributed by atoms with Crippen molar-refractivity contribution in [3.63, 3.8) is 0 Å². The van der Waals surface area contributed by atoms with Crippen molar-refractivity contribution in [1.29, 1.82) is 0 Å². The fourth-order valence-electron chi connectivity index (χ4n) is 7.82. The summed E-state index contributed by atoms with van der Waals surface area (Å²) in [4.78, 5) is 105. The Morgan fingerprint density at radius 2 is 1.13 bits per heavy atom. The van der Waals surface area contributed by atoms with Crippen LogP contribution in [0.1, 0.15) is 78.1 Å². The van der Waals surface area contributed by atoms with Gasteiger partial charge < -0.3 is 117 Å². The number of nitrogens with two attached hydrogens (primary N) is 2. The van der Waals surface area contributed by atoms with Crippen LogP contribution in [-0.2, 0) is 84.8 Å². The lowest BCUT2D eigenvalue weighted by molar-refractivity contribution is -0.271. The molecule has 2 aromatic carbocycles. The minimum absolute atomic E-state index is 0.0424. The number of hydrogen-bond donors (Lipinski definition) is 15. The number of aliphatic hydroxyl groups excluding tert-OH is 5. The Balaban J connectivity index is 0.000000461. The number of methoxy groups -OCH3 is 2. The molecule has 86 heavy (non-hydrogen) atoms. The van der Waals surface area contributed by atoms with E-state index in [9.17, 15) is 78.9 Å². The Labute approximate surface area is 497 Å². The monoisotopic (exact) mass is 1230 g/mol. The minimum atomic E-state index is -1.94. The zero-order valence-electron chi connectivity index (χ0n) is 49.5. The van der Waals surface area contributed by atoms with Crippen LogP contribution in [0.25, 0.3) is 0 Å². The van der Waals surface area contributed by atoms with E-state index in [1.54, 1.807) is 6.07 Å². The topological polar surface area (TPSA) is 493 Å². The van der Waals surface area contributed by atoms with Crippen LogP contribution in [0.2, 0.25) is 0 Å². The SMILES string of the molecule is [2H]C(=O)OCc1ccc(O[C@@H]2OC(C(=O)O)=C[C@H](O)[C@H]2O)c(NCCCNC(=O)[C@@H](N)CCCCNC(=O)CCOC)c1.[2H]C(=O)OCc1ccc(O[C@@H]2O[C@H](C(=O)O)[C@@H](O)[C@H](O)[C@H]2O)c(NC(=O)CCNC(=O)[C@@H](N)CCCCNC(=O)CCOC)c1. The number of carbonyl (C=O) groups is 9. The maximum atomic E-state index is 12.7. The van der Waals surface area contributed by atoms with Crippen LogP contribution >= 0.6 is 0 Å². The number of hydrogen-bond acceptors (Lipinski definition) is 25. The van der Waals surface area contributed by atoms with Crippen molar-refractivity contribution in [2.75, 3.05) is 70.8 Å². The summed E-state index contributed by atoms with van der Waals surface area (Å²) < 4.78 is 54.4. The summed E-state index contributed by atoms with van der Waals surface area (Å²) >= 11 is 0. The summed E-state index contributed by atoms with van der Waals surface area (Å²) in [5.41, 5.74) is 13.0. The fourth-order valence-corrected chi connectivity index (χ4v) is 7.82. The first kappa shape index (κ1) is 69.0. The molecule has 0 aliphatic carbocycles. The third kappa shape index (κ3) is 26.2. The van der Waals surface area contributed by atoms with Crippen molar-refractivity contribution < 1.29 is 120 Å². The van der Waals surface area contributed by atoms with Gasteiger partial charge in [0.2, 0.25) is 41.6 Å². The number of aliphatic hydroxyl groups is 5. The number of amides is 5. The van der Waals surface area contributed by atoms with E-state index < -0.39 is 104 Å². The molecule has 10 atom stereocenters. The normalized spacial score (nSPS) is 20.6. The zero-order chi connectivity index (χ0) is 65.3. The quantitative estimate of drug-likeness (QED) is 0.0238. The summed E-state index contributed by atoms with van der Waals surface area (Å²) in [6.07, 6.45) is -11.6. The Morgan fingerprint density at radius 1 is 0.616 bits per heavy atom. The highest BCUT2D eigenvalue weighted by Crippen LogP contribution is 2.32. The van der Waals surface area contributed by atoms with Crippen LogP contribution in [0.3, 0.4) is 0 Å². The van der Waals surface area contributed by atoms with Crippen LogP contribution in [0.5, 0.6) is 11.5 Å². The molecular formula is C54H80N8O24. The van der Waals surface area contributed by atoms with Crippen molar-refractivity contribution in [2.45, 2.75) is 139 Å². The number of anilines is 2. The van der Waals surface area contributed by atoms with Crippen molar-refractivity contribution in [2.24, 2.45) is 11.5 Å². The maximum absolute atomic E-state index is 12.7. The summed E-state index contributed by atoms with van der Waals surface area (Å²) in [5.74, 6) is -5.31. The van der Waals surface area contributed by atoms with Gasteiger partial charge in [-0.2, -0.15) is 0 Å². The average Bonchev–Trinajstić information content (AvgIpc) is 1.96. The van der Waals surface area contributed by atoms with Gasteiger partial charge in [-0.15, -0.1) is 0 Å². The van der Waals surface area contributed by atoms with Gasteiger partial charge in [-0.05, 0) is 86.4 Å². The Bertz CT molecular complexity index is 2640. The van der Waals surface area contributed by atoms with Gasteiger partial charge in [-0.3, -0.25) is 33.6 Å². The van der Waals surface area contributed by atoms with E-state index in [1.165, 1.54) is 44.6 Å². The molecule has 2 heterocycles. The van der Waals surface area contributed by atoms with Gasteiger partial charge in [0.15, 0.2) is 14.9 Å². The molecule has 0 aromatic heterocycles. The third-order valence-electron chi connectivity index (χ3n) is 12.5. The van der Waals surface area contributed by atoms with Crippen molar-refractivity contribution in [1.82, 2.24) is 21.3 Å². The molecule has 0 unspecified atom stereocenters. The van der Waals surface area contributed by atoms with E-state index in [4.69, 9.17) is 47.4 Å². The first-order valence-electron chi connectivity index (χ1n) is 28.2. The molecule has 17 N–H and O–H groups in total. The van der Waals surface area contributed by atoms with Gasteiger partial charge >= 0.3 is 11.9 Å². The minimum Gasteiger partial charge on any atom is -0.479 e. The molecule has 2 aliphatic rings. The number of benzene rings is 2. The summed E-state index contributed by atoms with van der Waals surface area (Å²) in [7, 11) is 3.03.